The van der Waals surface area contributed by atoms with Gasteiger partial charge < -0.3 is 5.32 Å². The van der Waals surface area contributed by atoms with E-state index < -0.39 is 18.1 Å². The summed E-state index contributed by atoms with van der Waals surface area (Å²) in [4.78, 5) is 39.7. The van der Waals surface area contributed by atoms with E-state index in [2.05, 4.69) is 15.1 Å². The Hall–Kier alpha value is -1.29. The van der Waals surface area contributed by atoms with Crippen LogP contribution in [-0.2, 0) is 24.2 Å². The molecule has 1 rings (SSSR count). The molecule has 10 heteroatoms. The summed E-state index contributed by atoms with van der Waals surface area (Å²) in [5.41, 5.74) is 0. The second-order valence-electron chi connectivity index (χ2n) is 3.89. The molecule has 0 amide bonds. The smallest absolute Gasteiger partial charge is 0.307 e. The van der Waals surface area contributed by atoms with Gasteiger partial charge in [0.15, 0.2) is 0 Å². The summed E-state index contributed by atoms with van der Waals surface area (Å²) in [6, 6.07) is -0.251. The van der Waals surface area contributed by atoms with Crippen molar-refractivity contribution in [1.29, 1.82) is 0 Å². The third kappa shape index (κ3) is 5.78. The van der Waals surface area contributed by atoms with Gasteiger partial charge in [-0.05, 0) is 19.4 Å². The van der Waals surface area contributed by atoms with Crippen LogP contribution < -0.4 is 5.32 Å². The number of hydrogen-bond acceptors (Lipinski definition) is 7. The van der Waals surface area contributed by atoms with Crippen molar-refractivity contribution < 1.29 is 37.3 Å². The summed E-state index contributed by atoms with van der Waals surface area (Å²) in [6.07, 6.45) is -3.95. The van der Waals surface area contributed by atoms with Gasteiger partial charge in [0.2, 0.25) is 5.12 Å². The van der Waals surface area contributed by atoms with Gasteiger partial charge >= 0.3 is 18.1 Å². The summed E-state index contributed by atoms with van der Waals surface area (Å²) in [5.74, 6) is -3.72. The number of hydrogen-bond donors (Lipinski definition) is 1. The molecule has 6 nitrogen and oxygen atoms in total. The van der Waals surface area contributed by atoms with Gasteiger partial charge in [-0.15, -0.1) is 0 Å². The minimum absolute atomic E-state index is 0.0411. The Morgan fingerprint density at radius 1 is 1.25 bits per heavy atom. The minimum Gasteiger partial charge on any atom is -0.307 e. The van der Waals surface area contributed by atoms with Crippen molar-refractivity contribution >= 4 is 28.8 Å². The average Bonchev–Trinajstić information content (AvgIpc) is 2.88. The highest BCUT2D eigenvalue weighted by Gasteiger charge is 2.43. The van der Waals surface area contributed by atoms with Crippen LogP contribution in [0.4, 0.5) is 13.2 Å². The SMILES string of the molecule is O=C(CCSC(=O)[C@@H]1CCCN1)OOC(=O)C(F)(F)F. The summed E-state index contributed by atoms with van der Waals surface area (Å²) in [7, 11) is 0. The third-order valence-electron chi connectivity index (χ3n) is 2.34. The van der Waals surface area contributed by atoms with E-state index in [1.807, 2.05) is 0 Å². The molecule has 0 aliphatic carbocycles. The molecule has 114 valence electrons. The van der Waals surface area contributed by atoms with E-state index in [-0.39, 0.29) is 23.3 Å². The van der Waals surface area contributed by atoms with Gasteiger partial charge in [0.25, 0.3) is 0 Å². The maximum Gasteiger partial charge on any atom is 0.495 e. The van der Waals surface area contributed by atoms with E-state index in [0.29, 0.717) is 0 Å². The van der Waals surface area contributed by atoms with Crippen LogP contribution in [0.1, 0.15) is 19.3 Å². The molecule has 1 aliphatic rings. The number of halogens is 3. The molecule has 0 aromatic heterocycles. The van der Waals surface area contributed by atoms with Crippen molar-refractivity contribution in [1.82, 2.24) is 5.32 Å². The maximum absolute atomic E-state index is 11.7. The molecule has 0 spiro atoms. The lowest BCUT2D eigenvalue weighted by molar-refractivity contribution is -0.285. The molecule has 0 aromatic carbocycles. The molecule has 0 radical (unpaired) electrons. The van der Waals surface area contributed by atoms with Crippen LogP contribution in [0.15, 0.2) is 0 Å². The Kier molecular flexibility index (Phi) is 6.27. The van der Waals surface area contributed by atoms with Crippen molar-refractivity contribution in [2.45, 2.75) is 31.5 Å². The van der Waals surface area contributed by atoms with Crippen molar-refractivity contribution in [3.63, 3.8) is 0 Å². The van der Waals surface area contributed by atoms with Gasteiger partial charge in [0.1, 0.15) is 0 Å². The monoisotopic (exact) mass is 315 g/mol. The lowest BCUT2D eigenvalue weighted by Gasteiger charge is -2.07. The first-order valence-corrected chi connectivity index (χ1v) is 6.68. The molecular formula is C10H12F3NO5S. The molecule has 1 saturated heterocycles. The number of thioether (sulfide) groups is 1. The van der Waals surface area contributed by atoms with Gasteiger partial charge in [0, 0.05) is 5.75 Å². The second-order valence-corrected chi connectivity index (χ2v) is 4.99. The van der Waals surface area contributed by atoms with Crippen molar-refractivity contribution in [2.75, 3.05) is 12.3 Å². The van der Waals surface area contributed by atoms with Crippen molar-refractivity contribution in [3.8, 4) is 0 Å². The van der Waals surface area contributed by atoms with Crippen LogP contribution >= 0.6 is 11.8 Å². The Labute approximate surface area is 116 Å². The molecule has 1 atom stereocenters. The predicted octanol–water partition coefficient (Wildman–Crippen LogP) is 0.952. The molecule has 1 fully saturated rings. The van der Waals surface area contributed by atoms with E-state index in [4.69, 9.17) is 0 Å². The summed E-state index contributed by atoms with van der Waals surface area (Å²) < 4.78 is 35.1. The second kappa shape index (κ2) is 7.48. The Bertz CT molecular complexity index is 382. The minimum atomic E-state index is -5.22. The Morgan fingerprint density at radius 3 is 2.50 bits per heavy atom. The topological polar surface area (TPSA) is 81.7 Å². The van der Waals surface area contributed by atoms with Crippen LogP contribution in [0.3, 0.4) is 0 Å². The zero-order valence-electron chi connectivity index (χ0n) is 10.2. The summed E-state index contributed by atoms with van der Waals surface area (Å²) in [6.45, 7) is 0.756. The van der Waals surface area contributed by atoms with E-state index in [1.165, 1.54) is 0 Å². The van der Waals surface area contributed by atoms with Crippen LogP contribution in [0, 0.1) is 0 Å². The fraction of sp³-hybridized carbons (Fsp3) is 0.700. The van der Waals surface area contributed by atoms with Gasteiger partial charge in [0.05, 0.1) is 12.5 Å². The number of nitrogens with one attached hydrogen (secondary N) is 1. The van der Waals surface area contributed by atoms with Crippen molar-refractivity contribution in [3.05, 3.63) is 0 Å². The zero-order chi connectivity index (χ0) is 15.2. The highest BCUT2D eigenvalue weighted by molar-refractivity contribution is 8.13. The summed E-state index contributed by atoms with van der Waals surface area (Å²) >= 11 is 0.877. The fourth-order valence-corrected chi connectivity index (χ4v) is 2.27. The zero-order valence-corrected chi connectivity index (χ0v) is 11.0. The van der Waals surface area contributed by atoms with E-state index in [1.54, 1.807) is 0 Å². The first-order chi connectivity index (χ1) is 9.30. The molecule has 1 N–H and O–H groups in total. The quantitative estimate of drug-likeness (QED) is 0.611. The molecule has 0 unspecified atom stereocenters. The first kappa shape index (κ1) is 16.8. The van der Waals surface area contributed by atoms with Gasteiger partial charge in [-0.3, -0.25) is 4.79 Å². The Balaban J connectivity index is 2.14. The fourth-order valence-electron chi connectivity index (χ4n) is 1.39. The molecule has 20 heavy (non-hydrogen) atoms. The molecule has 1 heterocycles. The highest BCUT2D eigenvalue weighted by atomic mass is 32.2. The Morgan fingerprint density at radius 2 is 1.95 bits per heavy atom. The van der Waals surface area contributed by atoms with Crippen LogP contribution in [0.5, 0.6) is 0 Å². The van der Waals surface area contributed by atoms with E-state index in [9.17, 15) is 27.6 Å². The average molecular weight is 315 g/mol. The standard InChI is InChI=1S/C10H12F3NO5S/c11-10(12,13)9(17)19-18-7(15)3-5-20-8(16)6-2-1-4-14-6/h6,14H,1-5H2/t6-/m0/s1. The number of alkyl halides is 3. The first-order valence-electron chi connectivity index (χ1n) is 5.69. The third-order valence-corrected chi connectivity index (χ3v) is 3.31. The number of carbonyl (C=O) groups is 3. The highest BCUT2D eigenvalue weighted by Crippen LogP contribution is 2.17. The van der Waals surface area contributed by atoms with Gasteiger partial charge in [-0.2, -0.15) is 13.2 Å². The van der Waals surface area contributed by atoms with E-state index >= 15 is 0 Å². The lowest BCUT2D eigenvalue weighted by Crippen LogP contribution is -2.29. The van der Waals surface area contributed by atoms with E-state index in [0.717, 1.165) is 31.1 Å². The largest absolute Gasteiger partial charge is 0.495 e. The van der Waals surface area contributed by atoms with Gasteiger partial charge in [-0.1, -0.05) is 11.8 Å². The van der Waals surface area contributed by atoms with Crippen LogP contribution in [-0.4, -0.2) is 41.6 Å². The molecule has 0 bridgehead atoms. The molecule has 0 saturated carbocycles. The lowest BCUT2D eigenvalue weighted by atomic mass is 10.2. The van der Waals surface area contributed by atoms with Crippen LogP contribution in [0.25, 0.3) is 0 Å². The van der Waals surface area contributed by atoms with Gasteiger partial charge in [-0.25, -0.2) is 19.4 Å². The molecule has 1 aliphatic heterocycles. The van der Waals surface area contributed by atoms with Crippen LogP contribution in [0.2, 0.25) is 0 Å². The molecular weight excluding hydrogens is 303 g/mol. The number of carbonyl (C=O) groups excluding carboxylic acids is 3. The normalized spacial score (nSPS) is 18.6. The predicted molar refractivity (Wildman–Crippen MR) is 61.3 cm³/mol. The molecule has 0 aromatic rings. The van der Waals surface area contributed by atoms with Crippen molar-refractivity contribution in [2.24, 2.45) is 0 Å². The number of rotatable bonds is 4. The maximum atomic E-state index is 11.7. The summed E-state index contributed by atoms with van der Waals surface area (Å²) in [5, 5.41) is 2.83.